The summed E-state index contributed by atoms with van der Waals surface area (Å²) in [5.41, 5.74) is 0. The van der Waals surface area contributed by atoms with Crippen LogP contribution < -0.4 is 0 Å². The van der Waals surface area contributed by atoms with Crippen molar-refractivity contribution in [1.29, 1.82) is 0 Å². The van der Waals surface area contributed by atoms with Crippen LogP contribution in [0.3, 0.4) is 0 Å². The summed E-state index contributed by atoms with van der Waals surface area (Å²) < 4.78 is 38.8. The van der Waals surface area contributed by atoms with E-state index in [2.05, 4.69) is 4.74 Å². The van der Waals surface area contributed by atoms with Crippen molar-refractivity contribution in [2.24, 2.45) is 0 Å². The number of ether oxygens (including phenoxy) is 1. The Balaban J connectivity index is 2.03. The van der Waals surface area contributed by atoms with Crippen LogP contribution in [0.25, 0.3) is 0 Å². The molecule has 1 nitrogen and oxygen atoms in total. The first-order chi connectivity index (χ1) is 4.08. The van der Waals surface area contributed by atoms with Gasteiger partial charge in [0.05, 0.1) is 12.7 Å². The van der Waals surface area contributed by atoms with E-state index >= 15 is 0 Å². The van der Waals surface area contributed by atoms with Crippen molar-refractivity contribution in [1.82, 2.24) is 0 Å². The van der Waals surface area contributed by atoms with Gasteiger partial charge in [-0.2, -0.15) is 13.2 Å². The normalized spacial score (nSPS) is 26.3. The van der Waals surface area contributed by atoms with Gasteiger partial charge in [0.25, 0.3) is 0 Å². The zero-order valence-electron chi connectivity index (χ0n) is 4.74. The van der Waals surface area contributed by atoms with Gasteiger partial charge >= 0.3 is 6.18 Å². The number of hydrogen-bond acceptors (Lipinski definition) is 1. The molecule has 1 atom stereocenters. The molecule has 1 fully saturated rings. The summed E-state index contributed by atoms with van der Waals surface area (Å²) in [5.74, 6) is 0. The molecule has 0 aromatic carbocycles. The van der Waals surface area contributed by atoms with Crippen LogP contribution in [-0.2, 0) is 4.74 Å². The maximum Gasteiger partial charge on any atom is 0.389 e. The fourth-order valence-corrected chi connectivity index (χ4v) is 0.559. The van der Waals surface area contributed by atoms with Gasteiger partial charge < -0.3 is 4.74 Å². The number of hydrogen-bond donors (Lipinski definition) is 0. The summed E-state index contributed by atoms with van der Waals surface area (Å²) in [6, 6.07) is 0. The predicted molar refractivity (Wildman–Crippen MR) is 25.0 cm³/mol. The second-order valence-electron chi connectivity index (χ2n) is 2.11. The maximum absolute atomic E-state index is 11.4. The Morgan fingerprint density at radius 1 is 1.44 bits per heavy atom. The molecule has 0 saturated carbocycles. The van der Waals surface area contributed by atoms with Crippen LogP contribution in [-0.4, -0.2) is 18.9 Å². The Hall–Kier alpha value is -0.250. The third-order valence-corrected chi connectivity index (χ3v) is 1.15. The monoisotopic (exact) mass is 140 g/mol. The molecule has 0 amide bonds. The zero-order chi connectivity index (χ0) is 6.91. The zero-order valence-corrected chi connectivity index (χ0v) is 4.74. The summed E-state index contributed by atoms with van der Waals surface area (Å²) >= 11 is 0. The minimum Gasteiger partial charge on any atom is -0.373 e. The van der Waals surface area contributed by atoms with Crippen LogP contribution in [0.2, 0.25) is 0 Å². The molecule has 4 heteroatoms. The average Bonchev–Trinajstić information content (AvgIpc) is 2.38. The lowest BCUT2D eigenvalue weighted by Crippen LogP contribution is -2.07. The molecule has 0 spiro atoms. The Morgan fingerprint density at radius 2 is 2.00 bits per heavy atom. The van der Waals surface area contributed by atoms with Crippen molar-refractivity contribution < 1.29 is 17.9 Å². The van der Waals surface area contributed by atoms with Crippen LogP contribution in [0.4, 0.5) is 13.2 Å². The lowest BCUT2D eigenvalue weighted by molar-refractivity contribution is -0.136. The number of rotatable bonds is 2. The molecule has 0 aliphatic carbocycles. The van der Waals surface area contributed by atoms with E-state index in [1.54, 1.807) is 0 Å². The molecule has 0 aromatic heterocycles. The molecule has 1 aliphatic rings. The van der Waals surface area contributed by atoms with Gasteiger partial charge in [0.2, 0.25) is 0 Å². The van der Waals surface area contributed by atoms with Crippen LogP contribution in [0, 0.1) is 0 Å². The lowest BCUT2D eigenvalue weighted by atomic mass is 10.2. The van der Waals surface area contributed by atoms with Gasteiger partial charge in [-0.1, -0.05) is 0 Å². The molecule has 0 N–H and O–H groups in total. The van der Waals surface area contributed by atoms with Crippen molar-refractivity contribution in [2.45, 2.75) is 25.1 Å². The minimum absolute atomic E-state index is 0.105. The van der Waals surface area contributed by atoms with Crippen molar-refractivity contribution in [2.75, 3.05) is 6.61 Å². The first kappa shape index (κ1) is 6.86. The van der Waals surface area contributed by atoms with Gasteiger partial charge in [0.1, 0.15) is 0 Å². The Labute approximate surface area is 50.8 Å². The SMILES string of the molecule is FC(F)(F)CC[C@H]1CO1. The van der Waals surface area contributed by atoms with E-state index in [4.69, 9.17) is 0 Å². The average molecular weight is 140 g/mol. The van der Waals surface area contributed by atoms with Crippen molar-refractivity contribution >= 4 is 0 Å². The summed E-state index contributed by atoms with van der Waals surface area (Å²) in [4.78, 5) is 0. The van der Waals surface area contributed by atoms with E-state index < -0.39 is 12.6 Å². The Bertz CT molecular complexity index is 94.9. The fourth-order valence-electron chi connectivity index (χ4n) is 0.559. The molecule has 1 saturated heterocycles. The van der Waals surface area contributed by atoms with Crippen molar-refractivity contribution in [3.63, 3.8) is 0 Å². The highest BCUT2D eigenvalue weighted by Crippen LogP contribution is 2.26. The molecule has 54 valence electrons. The quantitative estimate of drug-likeness (QED) is 0.532. The number of halogens is 3. The highest BCUT2D eigenvalue weighted by molar-refractivity contribution is 4.70. The molecular weight excluding hydrogens is 133 g/mol. The van der Waals surface area contributed by atoms with Gasteiger partial charge in [-0.3, -0.25) is 0 Å². The smallest absolute Gasteiger partial charge is 0.373 e. The van der Waals surface area contributed by atoms with E-state index in [9.17, 15) is 13.2 Å². The number of alkyl halides is 3. The van der Waals surface area contributed by atoms with Gasteiger partial charge in [-0.25, -0.2) is 0 Å². The largest absolute Gasteiger partial charge is 0.389 e. The molecule has 0 bridgehead atoms. The lowest BCUT2D eigenvalue weighted by Gasteiger charge is -2.02. The molecular formula is C5H7F3O. The molecule has 0 radical (unpaired) electrons. The van der Waals surface area contributed by atoms with E-state index in [-0.39, 0.29) is 12.5 Å². The molecule has 9 heavy (non-hydrogen) atoms. The molecule has 0 unspecified atom stereocenters. The van der Waals surface area contributed by atoms with Crippen LogP contribution in [0.15, 0.2) is 0 Å². The third-order valence-electron chi connectivity index (χ3n) is 1.15. The first-order valence-electron chi connectivity index (χ1n) is 2.76. The van der Waals surface area contributed by atoms with Crippen LogP contribution in [0.1, 0.15) is 12.8 Å². The fraction of sp³-hybridized carbons (Fsp3) is 1.00. The standard InChI is InChI=1S/C5H7F3O/c6-5(7,8)2-1-4-3-9-4/h4H,1-3H2/t4-/m0/s1. The van der Waals surface area contributed by atoms with E-state index in [0.717, 1.165) is 0 Å². The van der Waals surface area contributed by atoms with Gasteiger partial charge in [0, 0.05) is 6.42 Å². The Morgan fingerprint density at radius 3 is 2.33 bits per heavy atom. The summed E-state index contributed by atoms with van der Waals surface area (Å²) in [6.07, 6.45) is -4.70. The van der Waals surface area contributed by atoms with Gasteiger partial charge in [0.15, 0.2) is 0 Å². The second-order valence-corrected chi connectivity index (χ2v) is 2.11. The van der Waals surface area contributed by atoms with Crippen molar-refractivity contribution in [3.05, 3.63) is 0 Å². The van der Waals surface area contributed by atoms with Gasteiger partial charge in [-0.15, -0.1) is 0 Å². The highest BCUT2D eigenvalue weighted by Gasteiger charge is 2.32. The Kier molecular flexibility index (Phi) is 1.66. The minimum atomic E-state index is -4.01. The highest BCUT2D eigenvalue weighted by atomic mass is 19.4. The van der Waals surface area contributed by atoms with E-state index in [1.165, 1.54) is 0 Å². The number of epoxide rings is 1. The van der Waals surface area contributed by atoms with E-state index in [0.29, 0.717) is 6.61 Å². The second kappa shape index (κ2) is 2.17. The predicted octanol–water partition coefficient (Wildman–Crippen LogP) is 1.73. The summed E-state index contributed by atoms with van der Waals surface area (Å²) in [5, 5.41) is 0. The maximum atomic E-state index is 11.4. The van der Waals surface area contributed by atoms with Crippen molar-refractivity contribution in [3.8, 4) is 0 Å². The van der Waals surface area contributed by atoms with Crippen LogP contribution in [0.5, 0.6) is 0 Å². The molecule has 1 heterocycles. The van der Waals surface area contributed by atoms with E-state index in [1.807, 2.05) is 0 Å². The third kappa shape index (κ3) is 3.35. The first-order valence-corrected chi connectivity index (χ1v) is 2.76. The van der Waals surface area contributed by atoms with Gasteiger partial charge in [-0.05, 0) is 6.42 Å². The topological polar surface area (TPSA) is 12.5 Å². The summed E-state index contributed by atoms with van der Waals surface area (Å²) in [7, 11) is 0. The molecule has 1 rings (SSSR count). The molecule has 0 aromatic rings. The van der Waals surface area contributed by atoms with Crippen LogP contribution >= 0.6 is 0 Å². The summed E-state index contributed by atoms with van der Waals surface area (Å²) in [6.45, 7) is 0.510. The molecule has 1 aliphatic heterocycles.